The third-order valence-electron chi connectivity index (χ3n) is 4.14. The summed E-state index contributed by atoms with van der Waals surface area (Å²) in [6.45, 7) is 1.91. The maximum Gasteiger partial charge on any atom is 0.225 e. The molecular weight excluding hydrogens is 340 g/mol. The first-order valence-corrected chi connectivity index (χ1v) is 9.51. The summed E-state index contributed by atoms with van der Waals surface area (Å²) in [5.74, 6) is 0.783. The van der Waals surface area contributed by atoms with Crippen LogP contribution in [0.3, 0.4) is 0 Å². The predicted octanol–water partition coefficient (Wildman–Crippen LogP) is 1.20. The van der Waals surface area contributed by atoms with Crippen molar-refractivity contribution in [1.82, 2.24) is 9.78 Å². The second kappa shape index (κ2) is 8.65. The Labute approximate surface area is 143 Å². The molecule has 1 saturated carbocycles. The number of halogens is 1. The van der Waals surface area contributed by atoms with Gasteiger partial charge in [-0.15, -0.1) is 12.4 Å². The maximum absolute atomic E-state index is 12.0. The van der Waals surface area contributed by atoms with Crippen molar-refractivity contribution >= 4 is 34.0 Å². The lowest BCUT2D eigenvalue weighted by Crippen LogP contribution is -2.28. The van der Waals surface area contributed by atoms with Crippen LogP contribution in [0.1, 0.15) is 32.6 Å². The first-order chi connectivity index (χ1) is 10.4. The van der Waals surface area contributed by atoms with E-state index in [4.69, 9.17) is 5.73 Å². The fraction of sp³-hybridized carbons (Fsp3) is 0.714. The number of aryl methyl sites for hydroxylation is 1. The summed E-state index contributed by atoms with van der Waals surface area (Å²) in [5, 5.41) is 6.92. The molecule has 7 nitrogen and oxygen atoms in total. The van der Waals surface area contributed by atoms with E-state index in [9.17, 15) is 13.2 Å². The standard InChI is InChI=1S/C14H24N4O3S.ClH/c1-2-22(20,21)9-8-18-7-6-13(17-18)16-14(19)10-11-4-3-5-12(11)15;/h6-7,11-12H,2-5,8-10,15H2,1H3,(H,16,17,19);1H/t11-,12+;/m0./s1. The molecule has 1 aliphatic rings. The second-order valence-electron chi connectivity index (χ2n) is 5.81. The van der Waals surface area contributed by atoms with Gasteiger partial charge in [-0.1, -0.05) is 13.3 Å². The summed E-state index contributed by atoms with van der Waals surface area (Å²) < 4.78 is 24.4. The molecule has 1 aliphatic carbocycles. The van der Waals surface area contributed by atoms with Crippen LogP contribution in [0.2, 0.25) is 0 Å². The summed E-state index contributed by atoms with van der Waals surface area (Å²) in [5.41, 5.74) is 5.96. The van der Waals surface area contributed by atoms with Crippen molar-refractivity contribution in [2.75, 3.05) is 16.8 Å². The van der Waals surface area contributed by atoms with Crippen molar-refractivity contribution in [3.8, 4) is 0 Å². The Morgan fingerprint density at radius 1 is 1.48 bits per heavy atom. The van der Waals surface area contributed by atoms with Crippen LogP contribution in [-0.2, 0) is 21.2 Å². The van der Waals surface area contributed by atoms with Gasteiger partial charge >= 0.3 is 0 Å². The van der Waals surface area contributed by atoms with Crippen molar-refractivity contribution in [2.45, 2.75) is 45.2 Å². The minimum atomic E-state index is -3.02. The molecule has 1 aromatic rings. The SMILES string of the molecule is CCS(=O)(=O)CCn1ccc(NC(=O)C[C@@H]2CCC[C@H]2N)n1.Cl. The Balaban J connectivity index is 0.00000264. The number of hydrogen-bond donors (Lipinski definition) is 2. The van der Waals surface area contributed by atoms with E-state index in [1.54, 1.807) is 19.2 Å². The van der Waals surface area contributed by atoms with Crippen LogP contribution < -0.4 is 11.1 Å². The molecular formula is C14H25ClN4O3S. The number of nitrogens with zero attached hydrogens (tertiary/aromatic N) is 2. The van der Waals surface area contributed by atoms with Gasteiger partial charge in [0.05, 0.1) is 12.3 Å². The Bertz CT molecular complexity index is 617. The van der Waals surface area contributed by atoms with E-state index in [-0.39, 0.29) is 41.8 Å². The normalized spacial score (nSPS) is 21.0. The molecule has 0 aliphatic heterocycles. The maximum atomic E-state index is 12.0. The number of amides is 1. The average Bonchev–Trinajstić information content (AvgIpc) is 3.07. The van der Waals surface area contributed by atoms with Gasteiger partial charge in [0.1, 0.15) is 0 Å². The third kappa shape index (κ3) is 6.12. The summed E-state index contributed by atoms with van der Waals surface area (Å²) in [4.78, 5) is 12.0. The van der Waals surface area contributed by atoms with Crippen molar-refractivity contribution in [1.29, 1.82) is 0 Å². The minimum absolute atomic E-state index is 0. The molecule has 0 spiro atoms. The molecule has 0 radical (unpaired) electrons. The zero-order valence-electron chi connectivity index (χ0n) is 13.3. The molecule has 2 atom stereocenters. The van der Waals surface area contributed by atoms with Crippen molar-refractivity contribution < 1.29 is 13.2 Å². The number of rotatable bonds is 7. The van der Waals surface area contributed by atoms with E-state index in [1.807, 2.05) is 0 Å². The Morgan fingerprint density at radius 3 is 2.83 bits per heavy atom. The van der Waals surface area contributed by atoms with Gasteiger partial charge in [0, 0.05) is 30.5 Å². The quantitative estimate of drug-likeness (QED) is 0.755. The molecule has 0 bridgehead atoms. The predicted molar refractivity (Wildman–Crippen MR) is 92.4 cm³/mol. The number of nitrogens with two attached hydrogens (primary N) is 1. The molecule has 0 saturated heterocycles. The fourth-order valence-electron chi connectivity index (χ4n) is 2.68. The number of aromatic nitrogens is 2. The van der Waals surface area contributed by atoms with E-state index in [1.165, 1.54) is 4.68 Å². The molecule has 1 heterocycles. The van der Waals surface area contributed by atoms with Crippen LogP contribution in [-0.4, -0.2) is 41.7 Å². The third-order valence-corrected chi connectivity index (χ3v) is 5.83. The highest BCUT2D eigenvalue weighted by molar-refractivity contribution is 7.91. The fourth-order valence-corrected chi connectivity index (χ4v) is 3.43. The number of carbonyl (C=O) groups is 1. The highest BCUT2D eigenvalue weighted by atomic mass is 35.5. The van der Waals surface area contributed by atoms with Crippen molar-refractivity contribution in [2.24, 2.45) is 11.7 Å². The molecule has 0 unspecified atom stereocenters. The summed E-state index contributed by atoms with van der Waals surface area (Å²) in [6.07, 6.45) is 5.15. The first kappa shape index (κ1) is 19.9. The smallest absolute Gasteiger partial charge is 0.225 e. The van der Waals surface area contributed by atoms with Crippen molar-refractivity contribution in [3.05, 3.63) is 12.3 Å². The number of nitrogens with one attached hydrogen (secondary N) is 1. The Kier molecular flexibility index (Phi) is 7.50. The van der Waals surface area contributed by atoms with E-state index < -0.39 is 9.84 Å². The Hall–Kier alpha value is -1.12. The zero-order valence-corrected chi connectivity index (χ0v) is 14.9. The van der Waals surface area contributed by atoms with E-state index in [0.29, 0.717) is 18.8 Å². The second-order valence-corrected chi connectivity index (χ2v) is 8.28. The number of anilines is 1. The molecule has 2 rings (SSSR count). The van der Waals surface area contributed by atoms with Crippen LogP contribution in [0.5, 0.6) is 0 Å². The molecule has 132 valence electrons. The molecule has 9 heteroatoms. The van der Waals surface area contributed by atoms with Gasteiger partial charge in [-0.3, -0.25) is 9.48 Å². The molecule has 23 heavy (non-hydrogen) atoms. The number of sulfone groups is 1. The van der Waals surface area contributed by atoms with Crippen LogP contribution in [0, 0.1) is 5.92 Å². The zero-order chi connectivity index (χ0) is 16.2. The minimum Gasteiger partial charge on any atom is -0.327 e. The summed E-state index contributed by atoms with van der Waals surface area (Å²) in [6, 6.07) is 1.79. The lowest BCUT2D eigenvalue weighted by molar-refractivity contribution is -0.117. The Morgan fingerprint density at radius 2 is 2.22 bits per heavy atom. The molecule has 1 fully saturated rings. The van der Waals surface area contributed by atoms with Gasteiger partial charge in [0.15, 0.2) is 15.7 Å². The van der Waals surface area contributed by atoms with Crippen LogP contribution >= 0.6 is 12.4 Å². The van der Waals surface area contributed by atoms with Gasteiger partial charge < -0.3 is 11.1 Å². The van der Waals surface area contributed by atoms with E-state index >= 15 is 0 Å². The lowest BCUT2D eigenvalue weighted by Gasteiger charge is -2.13. The van der Waals surface area contributed by atoms with Gasteiger partial charge in [-0.05, 0) is 18.8 Å². The van der Waals surface area contributed by atoms with Crippen molar-refractivity contribution in [3.63, 3.8) is 0 Å². The van der Waals surface area contributed by atoms with Gasteiger partial charge in [-0.25, -0.2) is 8.42 Å². The number of hydrogen-bond acceptors (Lipinski definition) is 5. The van der Waals surface area contributed by atoms with Gasteiger partial charge in [0.2, 0.25) is 5.91 Å². The van der Waals surface area contributed by atoms with Gasteiger partial charge in [0.25, 0.3) is 0 Å². The lowest BCUT2D eigenvalue weighted by atomic mass is 10.00. The molecule has 3 N–H and O–H groups in total. The number of carbonyl (C=O) groups excluding carboxylic acids is 1. The molecule has 1 aromatic heterocycles. The molecule has 1 amide bonds. The summed E-state index contributed by atoms with van der Waals surface area (Å²) >= 11 is 0. The van der Waals surface area contributed by atoms with Crippen LogP contribution in [0.15, 0.2) is 12.3 Å². The largest absolute Gasteiger partial charge is 0.327 e. The van der Waals surface area contributed by atoms with E-state index in [2.05, 4.69) is 10.4 Å². The van der Waals surface area contributed by atoms with Crippen LogP contribution in [0.25, 0.3) is 0 Å². The first-order valence-electron chi connectivity index (χ1n) is 7.69. The topological polar surface area (TPSA) is 107 Å². The monoisotopic (exact) mass is 364 g/mol. The van der Waals surface area contributed by atoms with Crippen LogP contribution in [0.4, 0.5) is 5.82 Å². The van der Waals surface area contributed by atoms with E-state index in [0.717, 1.165) is 19.3 Å². The highest BCUT2D eigenvalue weighted by Crippen LogP contribution is 2.26. The molecule has 0 aromatic carbocycles. The highest BCUT2D eigenvalue weighted by Gasteiger charge is 2.26. The average molecular weight is 365 g/mol. The van der Waals surface area contributed by atoms with Gasteiger partial charge in [-0.2, -0.15) is 5.10 Å². The summed E-state index contributed by atoms with van der Waals surface area (Å²) in [7, 11) is -3.02.